The first-order valence-corrected chi connectivity index (χ1v) is 10.6. The summed E-state index contributed by atoms with van der Waals surface area (Å²) in [5.74, 6) is -0.185. The van der Waals surface area contributed by atoms with Crippen LogP contribution in [0.5, 0.6) is 0 Å². The van der Waals surface area contributed by atoms with Gasteiger partial charge in [0, 0.05) is 17.6 Å². The highest BCUT2D eigenvalue weighted by atomic mass is 19.4. The number of hydrogen-bond donors (Lipinski definition) is 3. The number of anilines is 2. The Balaban J connectivity index is 1.94. The van der Waals surface area contributed by atoms with Gasteiger partial charge in [-0.3, -0.25) is 0 Å². The van der Waals surface area contributed by atoms with E-state index in [9.17, 15) is 13.2 Å². The van der Waals surface area contributed by atoms with Crippen molar-refractivity contribution in [3.8, 4) is 0 Å². The van der Waals surface area contributed by atoms with Gasteiger partial charge in [-0.2, -0.15) is 18.2 Å². The molecule has 5 N–H and O–H groups in total. The van der Waals surface area contributed by atoms with Gasteiger partial charge in [-0.05, 0) is 68.4 Å². The van der Waals surface area contributed by atoms with Crippen LogP contribution in [0.2, 0.25) is 0 Å². The summed E-state index contributed by atoms with van der Waals surface area (Å²) in [5.41, 5.74) is 14.7. The quantitative estimate of drug-likeness (QED) is 0.401. The number of nitrogens with two attached hydrogens (primary N) is 2. The fourth-order valence-electron chi connectivity index (χ4n) is 4.05. The molecule has 0 unspecified atom stereocenters. The first kappa shape index (κ1) is 23.6. The molecule has 32 heavy (non-hydrogen) atoms. The molecule has 1 aliphatic carbocycles. The predicted octanol–water partition coefficient (Wildman–Crippen LogP) is 5.75. The summed E-state index contributed by atoms with van der Waals surface area (Å²) in [6.45, 7) is 5.58. The van der Waals surface area contributed by atoms with Crippen LogP contribution in [-0.2, 0) is 6.18 Å². The van der Waals surface area contributed by atoms with Crippen LogP contribution in [-0.4, -0.2) is 15.8 Å². The highest BCUT2D eigenvalue weighted by Crippen LogP contribution is 2.38. The van der Waals surface area contributed by atoms with Crippen molar-refractivity contribution < 1.29 is 13.2 Å². The highest BCUT2D eigenvalue weighted by molar-refractivity contribution is 5.93. The van der Waals surface area contributed by atoms with E-state index < -0.39 is 17.6 Å². The van der Waals surface area contributed by atoms with E-state index in [4.69, 9.17) is 11.5 Å². The molecule has 1 aliphatic rings. The molecule has 9 heteroatoms. The van der Waals surface area contributed by atoms with Gasteiger partial charge in [0.25, 0.3) is 0 Å². The topological polar surface area (TPSA) is 102 Å². The number of rotatable bonds is 5. The minimum atomic E-state index is -4.67. The molecule has 1 saturated carbocycles. The van der Waals surface area contributed by atoms with Gasteiger partial charge >= 0.3 is 6.18 Å². The van der Waals surface area contributed by atoms with E-state index in [2.05, 4.69) is 33.3 Å². The van der Waals surface area contributed by atoms with E-state index in [1.165, 1.54) is 43.7 Å². The Morgan fingerprint density at radius 1 is 1.12 bits per heavy atom. The van der Waals surface area contributed by atoms with E-state index in [0.717, 1.165) is 16.8 Å². The van der Waals surface area contributed by atoms with E-state index in [1.807, 2.05) is 13.0 Å². The van der Waals surface area contributed by atoms with Gasteiger partial charge in [0.1, 0.15) is 11.4 Å². The second-order valence-electron chi connectivity index (χ2n) is 8.34. The number of alkyl halides is 3. The Morgan fingerprint density at radius 2 is 1.81 bits per heavy atom. The standard InChI is InChI=1S/C23H29F3N6/c1-13-10-19(14(2)9-17(13)16-7-5-4-6-8-16)30-22-29-12-18(23(24,25)26)21(32-22)31-20(28)11-15(3)27/h9-12,16H,4-8,27H2,1-3H3,(H3,28,29,30,31,32)/b15-11-. The molecule has 1 fully saturated rings. The Labute approximate surface area is 186 Å². The van der Waals surface area contributed by atoms with Crippen molar-refractivity contribution in [2.24, 2.45) is 16.5 Å². The molecule has 6 nitrogen and oxygen atoms in total. The first-order chi connectivity index (χ1) is 15.0. The normalized spacial score (nSPS) is 16.3. The van der Waals surface area contributed by atoms with Gasteiger partial charge in [0.05, 0.1) is 0 Å². The lowest BCUT2D eigenvalue weighted by atomic mass is 9.81. The number of nitrogens with one attached hydrogen (secondary N) is 1. The Morgan fingerprint density at radius 3 is 2.44 bits per heavy atom. The third-order valence-electron chi connectivity index (χ3n) is 5.59. The number of halogens is 3. The molecular formula is C23H29F3N6. The van der Waals surface area contributed by atoms with Gasteiger partial charge in [-0.25, -0.2) is 9.98 Å². The fraction of sp³-hybridized carbons (Fsp3) is 0.435. The van der Waals surface area contributed by atoms with E-state index in [0.29, 0.717) is 17.8 Å². The average Bonchev–Trinajstić information content (AvgIpc) is 2.69. The van der Waals surface area contributed by atoms with Gasteiger partial charge in [0.15, 0.2) is 5.82 Å². The number of allylic oxidation sites excluding steroid dienone is 1. The van der Waals surface area contributed by atoms with Crippen LogP contribution in [0.15, 0.2) is 35.1 Å². The van der Waals surface area contributed by atoms with Crippen LogP contribution in [0.25, 0.3) is 0 Å². The van der Waals surface area contributed by atoms with Crippen molar-refractivity contribution in [2.75, 3.05) is 5.32 Å². The van der Waals surface area contributed by atoms with Gasteiger partial charge < -0.3 is 16.8 Å². The van der Waals surface area contributed by atoms with Crippen molar-refractivity contribution in [3.05, 3.63) is 52.4 Å². The summed E-state index contributed by atoms with van der Waals surface area (Å²) in [7, 11) is 0. The third-order valence-corrected chi connectivity index (χ3v) is 5.59. The Kier molecular flexibility index (Phi) is 7.06. The molecule has 0 spiro atoms. The SMILES string of the molecule is C/C(N)=C/C(N)=Nc1nc(Nc2cc(C)c(C3CCCCC3)cc2C)ncc1C(F)(F)F. The van der Waals surface area contributed by atoms with Gasteiger partial charge in [-0.1, -0.05) is 25.3 Å². The number of nitrogens with zero attached hydrogens (tertiary/aromatic N) is 3. The lowest BCUT2D eigenvalue weighted by Gasteiger charge is -2.25. The molecule has 172 valence electrons. The minimum absolute atomic E-state index is 0.00548. The minimum Gasteiger partial charge on any atom is -0.402 e. The smallest absolute Gasteiger partial charge is 0.402 e. The fourth-order valence-corrected chi connectivity index (χ4v) is 4.05. The zero-order chi connectivity index (χ0) is 23.5. The van der Waals surface area contributed by atoms with Crippen LogP contribution in [0.1, 0.15) is 67.2 Å². The molecule has 0 amide bonds. The summed E-state index contributed by atoms with van der Waals surface area (Å²) in [5, 5.41) is 3.04. The molecule has 0 bridgehead atoms. The van der Waals surface area contributed by atoms with Crippen LogP contribution in [0.4, 0.5) is 30.6 Å². The maximum atomic E-state index is 13.4. The molecule has 1 heterocycles. The maximum Gasteiger partial charge on any atom is 0.421 e. The summed E-state index contributed by atoms with van der Waals surface area (Å²) in [6.07, 6.45) is 3.46. The zero-order valence-corrected chi connectivity index (χ0v) is 18.6. The first-order valence-electron chi connectivity index (χ1n) is 10.6. The Hall–Kier alpha value is -3.10. The van der Waals surface area contributed by atoms with Gasteiger partial charge in [0.2, 0.25) is 5.95 Å². The summed E-state index contributed by atoms with van der Waals surface area (Å²) < 4.78 is 40.2. The van der Waals surface area contributed by atoms with Crippen molar-refractivity contribution in [1.82, 2.24) is 9.97 Å². The van der Waals surface area contributed by atoms with Crippen molar-refractivity contribution >= 4 is 23.3 Å². The summed E-state index contributed by atoms with van der Waals surface area (Å²) in [4.78, 5) is 11.7. The van der Waals surface area contributed by atoms with Crippen molar-refractivity contribution in [2.45, 2.75) is 65.0 Å². The van der Waals surface area contributed by atoms with Gasteiger partial charge in [-0.15, -0.1) is 0 Å². The van der Waals surface area contributed by atoms with Crippen LogP contribution >= 0.6 is 0 Å². The molecule has 0 radical (unpaired) electrons. The number of aliphatic imine (C=N–C) groups is 1. The largest absolute Gasteiger partial charge is 0.421 e. The summed E-state index contributed by atoms with van der Waals surface area (Å²) >= 11 is 0. The molecule has 2 aromatic rings. The summed E-state index contributed by atoms with van der Waals surface area (Å²) in [6, 6.07) is 4.15. The average molecular weight is 447 g/mol. The highest BCUT2D eigenvalue weighted by Gasteiger charge is 2.35. The molecule has 0 aliphatic heterocycles. The van der Waals surface area contributed by atoms with Crippen LogP contribution in [0, 0.1) is 13.8 Å². The number of aryl methyl sites for hydroxylation is 2. The van der Waals surface area contributed by atoms with Crippen LogP contribution in [0.3, 0.4) is 0 Å². The molecule has 0 saturated heterocycles. The molecule has 0 atom stereocenters. The molecule has 1 aromatic carbocycles. The monoisotopic (exact) mass is 446 g/mol. The Bertz CT molecular complexity index is 1030. The second kappa shape index (κ2) is 9.58. The number of amidine groups is 1. The van der Waals surface area contributed by atoms with E-state index in [1.54, 1.807) is 6.92 Å². The van der Waals surface area contributed by atoms with Crippen LogP contribution < -0.4 is 16.8 Å². The lowest BCUT2D eigenvalue weighted by molar-refractivity contribution is -0.137. The zero-order valence-electron chi connectivity index (χ0n) is 18.6. The van der Waals surface area contributed by atoms with E-state index in [-0.39, 0.29) is 11.8 Å². The number of aromatic nitrogens is 2. The maximum absolute atomic E-state index is 13.4. The van der Waals surface area contributed by atoms with E-state index >= 15 is 0 Å². The van der Waals surface area contributed by atoms with Crippen molar-refractivity contribution in [1.29, 1.82) is 0 Å². The molecule has 1 aromatic heterocycles. The predicted molar refractivity (Wildman–Crippen MR) is 121 cm³/mol. The molecular weight excluding hydrogens is 417 g/mol. The number of hydrogen-bond acceptors (Lipinski definition) is 5. The molecule has 3 rings (SSSR count). The number of benzene rings is 1. The van der Waals surface area contributed by atoms with Crippen molar-refractivity contribution in [3.63, 3.8) is 0 Å². The third kappa shape index (κ3) is 5.77. The lowest BCUT2D eigenvalue weighted by Crippen LogP contribution is -2.13. The second-order valence-corrected chi connectivity index (χ2v) is 8.34.